The van der Waals surface area contributed by atoms with Crippen LogP contribution in [-0.2, 0) is 7.05 Å². The number of aliphatic hydroxyl groups is 1. The highest BCUT2D eigenvalue weighted by molar-refractivity contribution is 5.69. The molecule has 0 aliphatic heterocycles. The van der Waals surface area contributed by atoms with E-state index in [9.17, 15) is 14.7 Å². The Bertz CT molecular complexity index is 690. The van der Waals surface area contributed by atoms with Crippen LogP contribution in [0.4, 0.5) is 0 Å². The molecular formula is C10H12N4O3. The van der Waals surface area contributed by atoms with E-state index in [1.807, 2.05) is 0 Å². The summed E-state index contributed by atoms with van der Waals surface area (Å²) in [6.07, 6.45) is 1.01. The van der Waals surface area contributed by atoms with Crippen LogP contribution in [0, 0.1) is 0 Å². The van der Waals surface area contributed by atoms with Gasteiger partial charge in [0.05, 0.1) is 6.10 Å². The molecule has 17 heavy (non-hydrogen) atoms. The quantitative estimate of drug-likeness (QED) is 0.602. The molecule has 3 N–H and O–H groups in total. The van der Waals surface area contributed by atoms with Crippen LogP contribution in [0.2, 0.25) is 0 Å². The maximum Gasteiger partial charge on any atom is 0.329 e. The Morgan fingerprint density at radius 2 is 2.06 bits per heavy atom. The highest BCUT2D eigenvalue weighted by Crippen LogP contribution is 2.35. The SMILES string of the molecule is Cn1c(=O)[nH]c(=O)c2[nH]c(C3CC(O)C3)nc21. The normalized spacial score (nSPS) is 23.9. The van der Waals surface area contributed by atoms with Gasteiger partial charge in [-0.1, -0.05) is 0 Å². The van der Waals surface area contributed by atoms with E-state index >= 15 is 0 Å². The van der Waals surface area contributed by atoms with Crippen LogP contribution in [0.25, 0.3) is 11.2 Å². The number of aromatic nitrogens is 4. The third-order valence-corrected chi connectivity index (χ3v) is 3.27. The summed E-state index contributed by atoms with van der Waals surface area (Å²) in [5.41, 5.74) is -0.269. The molecule has 0 amide bonds. The van der Waals surface area contributed by atoms with Crippen LogP contribution < -0.4 is 11.2 Å². The Balaban J connectivity index is 2.19. The molecule has 2 heterocycles. The Morgan fingerprint density at radius 1 is 1.35 bits per heavy atom. The number of imidazole rings is 1. The first-order chi connectivity index (χ1) is 8.06. The van der Waals surface area contributed by atoms with Gasteiger partial charge in [0, 0.05) is 13.0 Å². The highest BCUT2D eigenvalue weighted by atomic mass is 16.3. The summed E-state index contributed by atoms with van der Waals surface area (Å²) in [6, 6.07) is 0. The molecule has 0 bridgehead atoms. The van der Waals surface area contributed by atoms with Crippen molar-refractivity contribution in [2.45, 2.75) is 24.9 Å². The Kier molecular flexibility index (Phi) is 1.99. The second-order valence-corrected chi connectivity index (χ2v) is 4.46. The van der Waals surface area contributed by atoms with Gasteiger partial charge < -0.3 is 10.1 Å². The third-order valence-electron chi connectivity index (χ3n) is 3.27. The van der Waals surface area contributed by atoms with Gasteiger partial charge in [0.15, 0.2) is 5.65 Å². The molecule has 0 atom stereocenters. The number of fused-ring (bicyclic) bond motifs is 1. The molecule has 1 fully saturated rings. The van der Waals surface area contributed by atoms with Gasteiger partial charge in [-0.2, -0.15) is 0 Å². The van der Waals surface area contributed by atoms with Gasteiger partial charge in [0.1, 0.15) is 11.3 Å². The molecule has 1 saturated carbocycles. The number of H-pyrrole nitrogens is 2. The van der Waals surface area contributed by atoms with Crippen LogP contribution in [-0.4, -0.2) is 30.7 Å². The van der Waals surface area contributed by atoms with Gasteiger partial charge in [-0.3, -0.25) is 14.3 Å². The lowest BCUT2D eigenvalue weighted by Gasteiger charge is -2.29. The van der Waals surface area contributed by atoms with Crippen molar-refractivity contribution in [2.24, 2.45) is 7.05 Å². The van der Waals surface area contributed by atoms with Gasteiger partial charge in [-0.25, -0.2) is 9.78 Å². The second kappa shape index (κ2) is 3.30. The largest absolute Gasteiger partial charge is 0.393 e. The smallest absolute Gasteiger partial charge is 0.329 e. The minimum atomic E-state index is -0.478. The summed E-state index contributed by atoms with van der Waals surface area (Å²) in [4.78, 5) is 32.4. The van der Waals surface area contributed by atoms with Crippen molar-refractivity contribution in [3.8, 4) is 0 Å². The minimum Gasteiger partial charge on any atom is -0.393 e. The van der Waals surface area contributed by atoms with E-state index in [0.717, 1.165) is 0 Å². The average molecular weight is 236 g/mol. The van der Waals surface area contributed by atoms with Crippen LogP contribution in [0.1, 0.15) is 24.6 Å². The van der Waals surface area contributed by atoms with Crippen molar-refractivity contribution in [2.75, 3.05) is 0 Å². The number of aromatic amines is 2. The van der Waals surface area contributed by atoms with Crippen molar-refractivity contribution >= 4 is 11.2 Å². The van der Waals surface area contributed by atoms with E-state index < -0.39 is 11.2 Å². The zero-order chi connectivity index (χ0) is 12.2. The fourth-order valence-corrected chi connectivity index (χ4v) is 2.13. The van der Waals surface area contributed by atoms with Gasteiger partial charge in [0.2, 0.25) is 0 Å². The topological polar surface area (TPSA) is 104 Å². The van der Waals surface area contributed by atoms with Gasteiger partial charge in [-0.05, 0) is 12.8 Å². The lowest BCUT2D eigenvalue weighted by molar-refractivity contribution is 0.0720. The molecule has 2 aromatic heterocycles. The van der Waals surface area contributed by atoms with Gasteiger partial charge in [-0.15, -0.1) is 0 Å². The number of nitrogens with one attached hydrogen (secondary N) is 2. The van der Waals surface area contributed by atoms with Gasteiger partial charge >= 0.3 is 5.69 Å². The van der Waals surface area contributed by atoms with Crippen molar-refractivity contribution < 1.29 is 5.11 Å². The summed E-state index contributed by atoms with van der Waals surface area (Å²) < 4.78 is 1.30. The fourth-order valence-electron chi connectivity index (χ4n) is 2.13. The molecule has 7 heteroatoms. The first-order valence-corrected chi connectivity index (χ1v) is 5.43. The summed E-state index contributed by atoms with van der Waals surface area (Å²) in [7, 11) is 1.56. The molecule has 1 aliphatic carbocycles. The maximum atomic E-state index is 11.6. The number of aryl methyl sites for hydroxylation is 1. The predicted octanol–water partition coefficient (Wildman–Crippen LogP) is -0.812. The molecule has 0 saturated heterocycles. The summed E-state index contributed by atoms with van der Waals surface area (Å²) in [5.74, 6) is 0.809. The number of hydrogen-bond acceptors (Lipinski definition) is 4. The molecule has 7 nitrogen and oxygen atoms in total. The fraction of sp³-hybridized carbons (Fsp3) is 0.500. The van der Waals surface area contributed by atoms with Crippen molar-refractivity contribution in [1.29, 1.82) is 0 Å². The molecule has 0 aromatic carbocycles. The lowest BCUT2D eigenvalue weighted by atomic mass is 9.82. The van der Waals surface area contributed by atoms with Crippen LogP contribution >= 0.6 is 0 Å². The van der Waals surface area contributed by atoms with Crippen LogP contribution in [0.5, 0.6) is 0 Å². The van der Waals surface area contributed by atoms with E-state index in [-0.39, 0.29) is 12.0 Å². The van der Waals surface area contributed by atoms with Crippen LogP contribution in [0.15, 0.2) is 9.59 Å². The highest BCUT2D eigenvalue weighted by Gasteiger charge is 2.31. The maximum absolute atomic E-state index is 11.6. The van der Waals surface area contributed by atoms with E-state index in [1.165, 1.54) is 4.57 Å². The Hall–Kier alpha value is -1.89. The molecule has 2 aromatic rings. The number of nitrogens with zero attached hydrogens (tertiary/aromatic N) is 2. The van der Waals surface area contributed by atoms with Crippen molar-refractivity contribution in [3.05, 3.63) is 26.7 Å². The minimum absolute atomic E-state index is 0.145. The van der Waals surface area contributed by atoms with Crippen LogP contribution in [0.3, 0.4) is 0 Å². The van der Waals surface area contributed by atoms with Crippen molar-refractivity contribution in [3.63, 3.8) is 0 Å². The first-order valence-electron chi connectivity index (χ1n) is 5.43. The summed E-state index contributed by atoms with van der Waals surface area (Å²) in [5, 5.41) is 9.24. The molecule has 90 valence electrons. The standard InChI is InChI=1S/C10H12N4O3/c1-14-8-6(9(16)13-10(14)17)11-7(12-8)4-2-5(15)3-4/h4-5,15H,2-3H2,1H3,(H,11,12)(H,13,16,17). The molecule has 1 aliphatic rings. The summed E-state index contributed by atoms with van der Waals surface area (Å²) in [6.45, 7) is 0. The average Bonchev–Trinajstić information content (AvgIpc) is 2.66. The molecule has 0 unspecified atom stereocenters. The number of rotatable bonds is 1. The Morgan fingerprint density at radius 3 is 2.71 bits per heavy atom. The van der Waals surface area contributed by atoms with E-state index in [4.69, 9.17) is 0 Å². The zero-order valence-corrected chi connectivity index (χ0v) is 9.23. The molecule has 0 radical (unpaired) electrons. The summed E-state index contributed by atoms with van der Waals surface area (Å²) >= 11 is 0. The van der Waals surface area contributed by atoms with E-state index in [2.05, 4.69) is 15.0 Å². The predicted molar refractivity (Wildman–Crippen MR) is 59.9 cm³/mol. The first kappa shape index (κ1) is 10.3. The van der Waals surface area contributed by atoms with E-state index in [1.54, 1.807) is 7.05 Å². The number of aliphatic hydroxyl groups excluding tert-OH is 1. The molecule has 0 spiro atoms. The number of hydrogen-bond donors (Lipinski definition) is 3. The second-order valence-electron chi connectivity index (χ2n) is 4.46. The molecule has 3 rings (SSSR count). The lowest BCUT2D eigenvalue weighted by Crippen LogP contribution is -2.28. The zero-order valence-electron chi connectivity index (χ0n) is 9.23. The molecular weight excluding hydrogens is 224 g/mol. The van der Waals surface area contributed by atoms with Gasteiger partial charge in [0.25, 0.3) is 5.56 Å². The third kappa shape index (κ3) is 1.42. The van der Waals surface area contributed by atoms with E-state index in [0.29, 0.717) is 29.8 Å². The monoisotopic (exact) mass is 236 g/mol. The van der Waals surface area contributed by atoms with Crippen molar-refractivity contribution in [1.82, 2.24) is 19.5 Å². The Labute approximate surface area is 95.1 Å².